The molecule has 0 aromatic heterocycles. The zero-order valence-electron chi connectivity index (χ0n) is 10.9. The summed E-state index contributed by atoms with van der Waals surface area (Å²) in [7, 11) is 0. The maximum absolute atomic E-state index is 5.81. The molecule has 0 bridgehead atoms. The Morgan fingerprint density at radius 2 is 1.55 bits per heavy atom. The van der Waals surface area contributed by atoms with Crippen LogP contribution in [0, 0.1) is 3.57 Å². The average Bonchev–Trinajstić information content (AvgIpc) is 2.50. The second-order valence-corrected chi connectivity index (χ2v) is 5.97. The molecular formula is C17H15IN2. The molecule has 1 atom stereocenters. The summed E-state index contributed by atoms with van der Waals surface area (Å²) in [6.07, 6.45) is 0. The fraction of sp³-hybridized carbons (Fsp3) is 0.0588. The van der Waals surface area contributed by atoms with Crippen LogP contribution in [0.25, 0.3) is 10.8 Å². The van der Waals surface area contributed by atoms with E-state index in [9.17, 15) is 0 Å². The van der Waals surface area contributed by atoms with Crippen LogP contribution >= 0.6 is 22.6 Å². The quantitative estimate of drug-likeness (QED) is 0.413. The lowest BCUT2D eigenvalue weighted by atomic mass is 9.94. The predicted octanol–water partition coefficient (Wildman–Crippen LogP) is 4.00. The molecule has 0 fully saturated rings. The van der Waals surface area contributed by atoms with Gasteiger partial charge in [-0.25, -0.2) is 5.43 Å². The Bertz CT molecular complexity index is 717. The summed E-state index contributed by atoms with van der Waals surface area (Å²) >= 11 is 2.31. The normalized spacial score (nSPS) is 12.5. The van der Waals surface area contributed by atoms with Crippen molar-refractivity contribution in [1.82, 2.24) is 5.43 Å². The Balaban J connectivity index is 2.14. The summed E-state index contributed by atoms with van der Waals surface area (Å²) < 4.78 is 1.22. The molecular weight excluding hydrogens is 359 g/mol. The van der Waals surface area contributed by atoms with Crippen molar-refractivity contribution in [2.75, 3.05) is 0 Å². The number of nitrogens with one attached hydrogen (secondary N) is 1. The summed E-state index contributed by atoms with van der Waals surface area (Å²) in [6.45, 7) is 0. The molecule has 0 radical (unpaired) electrons. The third-order valence-electron chi connectivity index (χ3n) is 3.50. The van der Waals surface area contributed by atoms with E-state index in [-0.39, 0.29) is 6.04 Å². The molecule has 0 saturated carbocycles. The van der Waals surface area contributed by atoms with Gasteiger partial charge in [0.2, 0.25) is 0 Å². The van der Waals surface area contributed by atoms with Crippen molar-refractivity contribution in [2.45, 2.75) is 6.04 Å². The van der Waals surface area contributed by atoms with Crippen molar-refractivity contribution in [1.29, 1.82) is 0 Å². The highest BCUT2D eigenvalue weighted by Crippen LogP contribution is 2.28. The van der Waals surface area contributed by atoms with Crippen molar-refractivity contribution in [3.63, 3.8) is 0 Å². The molecule has 0 amide bonds. The number of rotatable bonds is 3. The number of fused-ring (bicyclic) bond motifs is 1. The molecule has 100 valence electrons. The van der Waals surface area contributed by atoms with Crippen molar-refractivity contribution in [3.05, 3.63) is 81.4 Å². The summed E-state index contributed by atoms with van der Waals surface area (Å²) in [5.41, 5.74) is 5.32. The Morgan fingerprint density at radius 3 is 2.30 bits per heavy atom. The Kier molecular flexibility index (Phi) is 4.00. The Hall–Kier alpha value is -1.43. The van der Waals surface area contributed by atoms with E-state index in [0.717, 1.165) is 0 Å². The van der Waals surface area contributed by atoms with E-state index in [4.69, 9.17) is 5.84 Å². The number of halogens is 1. The highest BCUT2D eigenvalue weighted by atomic mass is 127. The van der Waals surface area contributed by atoms with E-state index in [2.05, 4.69) is 94.7 Å². The molecule has 2 nitrogen and oxygen atoms in total. The first-order valence-electron chi connectivity index (χ1n) is 6.49. The van der Waals surface area contributed by atoms with Gasteiger partial charge in [0, 0.05) is 3.57 Å². The molecule has 0 spiro atoms. The van der Waals surface area contributed by atoms with Crippen LogP contribution in [0.5, 0.6) is 0 Å². The van der Waals surface area contributed by atoms with Crippen molar-refractivity contribution in [3.8, 4) is 0 Å². The second kappa shape index (κ2) is 5.91. The lowest BCUT2D eigenvalue weighted by Crippen LogP contribution is -2.29. The zero-order chi connectivity index (χ0) is 13.9. The molecule has 0 aliphatic carbocycles. The van der Waals surface area contributed by atoms with Gasteiger partial charge in [0.05, 0.1) is 6.04 Å². The minimum atomic E-state index is -0.00176. The molecule has 0 aliphatic heterocycles. The second-order valence-electron chi connectivity index (χ2n) is 4.72. The Labute approximate surface area is 132 Å². The van der Waals surface area contributed by atoms with Crippen LogP contribution in [0.1, 0.15) is 17.2 Å². The third kappa shape index (κ3) is 2.57. The molecule has 3 aromatic rings. The molecule has 1 unspecified atom stereocenters. The summed E-state index contributed by atoms with van der Waals surface area (Å²) in [5, 5.41) is 2.47. The van der Waals surface area contributed by atoms with Crippen LogP contribution < -0.4 is 11.3 Å². The van der Waals surface area contributed by atoms with Crippen LogP contribution in [0.3, 0.4) is 0 Å². The van der Waals surface area contributed by atoms with E-state index < -0.39 is 0 Å². The summed E-state index contributed by atoms with van der Waals surface area (Å²) in [6, 6.07) is 23.2. The summed E-state index contributed by atoms with van der Waals surface area (Å²) in [4.78, 5) is 0. The van der Waals surface area contributed by atoms with Gasteiger partial charge in [0.15, 0.2) is 0 Å². The van der Waals surface area contributed by atoms with Crippen LogP contribution in [0.2, 0.25) is 0 Å². The number of benzene rings is 3. The number of hydrazine groups is 1. The summed E-state index contributed by atoms with van der Waals surface area (Å²) in [5.74, 6) is 5.81. The third-order valence-corrected chi connectivity index (χ3v) is 4.22. The number of hydrogen-bond acceptors (Lipinski definition) is 2. The minimum absolute atomic E-state index is 0.00176. The first kappa shape index (κ1) is 13.5. The smallest absolute Gasteiger partial charge is 0.0716 e. The molecule has 0 saturated heterocycles. The van der Waals surface area contributed by atoms with Crippen LogP contribution in [-0.2, 0) is 0 Å². The Morgan fingerprint density at radius 1 is 0.850 bits per heavy atom. The standard InChI is InChI=1S/C17H15IN2/c18-14-10-8-13(9-11-14)17(20-19)16-7-3-5-12-4-1-2-6-15(12)16/h1-11,17,20H,19H2. The van der Waals surface area contributed by atoms with Gasteiger partial charge < -0.3 is 0 Å². The highest BCUT2D eigenvalue weighted by Gasteiger charge is 2.14. The first-order valence-corrected chi connectivity index (χ1v) is 7.57. The topological polar surface area (TPSA) is 38.0 Å². The van der Waals surface area contributed by atoms with Gasteiger partial charge in [-0.2, -0.15) is 0 Å². The van der Waals surface area contributed by atoms with Crippen LogP contribution in [0.15, 0.2) is 66.7 Å². The van der Waals surface area contributed by atoms with E-state index >= 15 is 0 Å². The fourth-order valence-electron chi connectivity index (χ4n) is 2.52. The van der Waals surface area contributed by atoms with Gasteiger partial charge in [-0.05, 0) is 56.6 Å². The largest absolute Gasteiger partial charge is 0.271 e. The van der Waals surface area contributed by atoms with Gasteiger partial charge in [0.25, 0.3) is 0 Å². The van der Waals surface area contributed by atoms with E-state index in [0.29, 0.717) is 0 Å². The average molecular weight is 374 g/mol. The van der Waals surface area contributed by atoms with Crippen molar-refractivity contribution < 1.29 is 0 Å². The first-order chi connectivity index (χ1) is 9.79. The number of hydrogen-bond donors (Lipinski definition) is 2. The molecule has 0 heterocycles. The molecule has 3 heteroatoms. The zero-order valence-corrected chi connectivity index (χ0v) is 13.0. The van der Waals surface area contributed by atoms with Crippen molar-refractivity contribution >= 4 is 33.4 Å². The van der Waals surface area contributed by atoms with Gasteiger partial charge >= 0.3 is 0 Å². The maximum atomic E-state index is 5.81. The fourth-order valence-corrected chi connectivity index (χ4v) is 2.88. The van der Waals surface area contributed by atoms with Gasteiger partial charge in [-0.3, -0.25) is 5.84 Å². The lowest BCUT2D eigenvalue weighted by molar-refractivity contribution is 0.641. The van der Waals surface area contributed by atoms with Gasteiger partial charge in [-0.15, -0.1) is 0 Å². The monoisotopic (exact) mass is 374 g/mol. The van der Waals surface area contributed by atoms with Gasteiger partial charge in [0.1, 0.15) is 0 Å². The van der Waals surface area contributed by atoms with Crippen LogP contribution in [0.4, 0.5) is 0 Å². The van der Waals surface area contributed by atoms with E-state index in [1.165, 1.54) is 25.5 Å². The molecule has 3 rings (SSSR count). The van der Waals surface area contributed by atoms with E-state index in [1.54, 1.807) is 0 Å². The van der Waals surface area contributed by atoms with Crippen LogP contribution in [-0.4, -0.2) is 0 Å². The van der Waals surface area contributed by atoms with E-state index in [1.807, 2.05) is 0 Å². The minimum Gasteiger partial charge on any atom is -0.271 e. The molecule has 3 aromatic carbocycles. The predicted molar refractivity (Wildman–Crippen MR) is 92.3 cm³/mol. The molecule has 3 N–H and O–H groups in total. The van der Waals surface area contributed by atoms with Gasteiger partial charge in [-0.1, -0.05) is 54.6 Å². The highest BCUT2D eigenvalue weighted by molar-refractivity contribution is 14.1. The maximum Gasteiger partial charge on any atom is 0.0716 e. The van der Waals surface area contributed by atoms with Crippen molar-refractivity contribution in [2.24, 2.45) is 5.84 Å². The molecule has 20 heavy (non-hydrogen) atoms. The lowest BCUT2D eigenvalue weighted by Gasteiger charge is -2.19. The SMILES string of the molecule is NNC(c1ccc(I)cc1)c1cccc2ccccc12. The number of nitrogens with two attached hydrogens (primary N) is 1. The molecule has 0 aliphatic rings.